The van der Waals surface area contributed by atoms with Gasteiger partial charge in [-0.3, -0.25) is 4.79 Å². The van der Waals surface area contributed by atoms with E-state index in [4.69, 9.17) is 20.8 Å². The van der Waals surface area contributed by atoms with Gasteiger partial charge in [-0.25, -0.2) is 4.79 Å². The van der Waals surface area contributed by atoms with Crippen LogP contribution in [-0.4, -0.2) is 36.5 Å². The number of carbonyl (C=O) groups excluding carboxylic acids is 2. The molecule has 128 valence electrons. The Morgan fingerprint density at radius 3 is 2.54 bits per heavy atom. The number of furan rings is 1. The highest BCUT2D eigenvalue weighted by atomic mass is 35.5. The van der Waals surface area contributed by atoms with Crippen molar-refractivity contribution >= 4 is 34.4 Å². The maximum atomic E-state index is 12.2. The lowest BCUT2D eigenvalue weighted by molar-refractivity contribution is -0.134. The third-order valence-corrected chi connectivity index (χ3v) is 4.45. The fourth-order valence-corrected chi connectivity index (χ4v) is 3.08. The van der Waals surface area contributed by atoms with Crippen molar-refractivity contribution in [2.75, 3.05) is 19.7 Å². The summed E-state index contributed by atoms with van der Waals surface area (Å²) in [6.07, 6.45) is 5.53. The van der Waals surface area contributed by atoms with E-state index in [0.717, 1.165) is 44.2 Å². The normalized spacial score (nSPS) is 15.8. The number of halogens is 1. The van der Waals surface area contributed by atoms with E-state index < -0.39 is 5.97 Å². The molecule has 1 aliphatic heterocycles. The Hall–Kier alpha value is -2.01. The van der Waals surface area contributed by atoms with Crippen molar-refractivity contribution in [3.8, 4) is 0 Å². The number of rotatable bonds is 3. The molecule has 1 aromatic heterocycles. The lowest BCUT2D eigenvalue weighted by Gasteiger charge is -2.24. The molecule has 0 radical (unpaired) electrons. The predicted molar refractivity (Wildman–Crippen MR) is 91.2 cm³/mol. The minimum absolute atomic E-state index is 0.0766. The molecule has 0 atom stereocenters. The molecule has 1 amide bonds. The van der Waals surface area contributed by atoms with E-state index in [0.29, 0.717) is 10.6 Å². The number of carbonyl (C=O) groups is 2. The summed E-state index contributed by atoms with van der Waals surface area (Å²) >= 11 is 5.91. The zero-order chi connectivity index (χ0) is 16.9. The smallest absolute Gasteiger partial charge is 0.374 e. The first-order valence-electron chi connectivity index (χ1n) is 8.27. The quantitative estimate of drug-likeness (QED) is 0.785. The number of nitrogens with zero attached hydrogens (tertiary/aromatic N) is 1. The molecule has 0 unspecified atom stereocenters. The van der Waals surface area contributed by atoms with E-state index in [-0.39, 0.29) is 18.3 Å². The third-order valence-electron chi connectivity index (χ3n) is 4.22. The van der Waals surface area contributed by atoms with Gasteiger partial charge in [0.05, 0.1) is 0 Å². The molecule has 1 fully saturated rings. The Morgan fingerprint density at radius 2 is 1.79 bits per heavy atom. The third kappa shape index (κ3) is 4.09. The standard InChI is InChI=1S/C18H20ClNO4/c19-14-6-7-15-13(10-14)11-16(24-15)18(22)23-12-17(21)20-8-4-2-1-3-5-9-20/h6-7,10-11H,1-5,8-9,12H2. The van der Waals surface area contributed by atoms with Crippen LogP contribution in [0.15, 0.2) is 28.7 Å². The van der Waals surface area contributed by atoms with Gasteiger partial charge in [-0.05, 0) is 37.1 Å². The van der Waals surface area contributed by atoms with Crippen LogP contribution in [-0.2, 0) is 9.53 Å². The molecule has 1 saturated heterocycles. The minimum Gasteiger partial charge on any atom is -0.450 e. The van der Waals surface area contributed by atoms with E-state index in [1.165, 1.54) is 6.42 Å². The van der Waals surface area contributed by atoms with E-state index in [1.54, 1.807) is 29.2 Å². The zero-order valence-electron chi connectivity index (χ0n) is 13.4. The summed E-state index contributed by atoms with van der Waals surface area (Å²) in [7, 11) is 0. The van der Waals surface area contributed by atoms with Crippen molar-refractivity contribution in [3.05, 3.63) is 35.0 Å². The molecular weight excluding hydrogens is 330 g/mol. The number of benzene rings is 1. The summed E-state index contributed by atoms with van der Waals surface area (Å²) in [5.41, 5.74) is 0.557. The SMILES string of the molecule is O=C(OCC(=O)N1CCCCCCC1)c1cc2cc(Cl)ccc2o1. The molecule has 3 rings (SSSR count). The topological polar surface area (TPSA) is 59.8 Å². The lowest BCUT2D eigenvalue weighted by Crippen LogP contribution is -2.36. The monoisotopic (exact) mass is 349 g/mol. The zero-order valence-corrected chi connectivity index (χ0v) is 14.2. The van der Waals surface area contributed by atoms with Crippen LogP contribution in [0.25, 0.3) is 11.0 Å². The van der Waals surface area contributed by atoms with Gasteiger partial charge in [0.1, 0.15) is 5.58 Å². The molecule has 0 aliphatic carbocycles. The Balaban J connectivity index is 1.58. The van der Waals surface area contributed by atoms with Gasteiger partial charge in [-0.15, -0.1) is 0 Å². The summed E-state index contributed by atoms with van der Waals surface area (Å²) in [6, 6.07) is 6.67. The first-order valence-corrected chi connectivity index (χ1v) is 8.65. The molecule has 0 saturated carbocycles. The molecule has 2 heterocycles. The lowest BCUT2D eigenvalue weighted by atomic mass is 10.1. The second-order valence-corrected chi connectivity index (χ2v) is 6.45. The Kier molecular flexibility index (Phi) is 5.41. The largest absolute Gasteiger partial charge is 0.450 e. The predicted octanol–water partition coefficient (Wildman–Crippen LogP) is 4.04. The number of fused-ring (bicyclic) bond motifs is 1. The maximum Gasteiger partial charge on any atom is 0.374 e. The van der Waals surface area contributed by atoms with Crippen molar-refractivity contribution in [1.29, 1.82) is 0 Å². The number of likely N-dealkylation sites (tertiary alicyclic amines) is 1. The van der Waals surface area contributed by atoms with Gasteiger partial charge in [-0.1, -0.05) is 30.9 Å². The van der Waals surface area contributed by atoms with Crippen LogP contribution in [0.2, 0.25) is 5.02 Å². The number of ether oxygens (including phenoxy) is 1. The molecule has 1 aromatic carbocycles. The molecule has 24 heavy (non-hydrogen) atoms. The van der Waals surface area contributed by atoms with E-state index in [9.17, 15) is 9.59 Å². The molecule has 0 bridgehead atoms. The van der Waals surface area contributed by atoms with Crippen LogP contribution >= 0.6 is 11.6 Å². The second kappa shape index (κ2) is 7.71. The van der Waals surface area contributed by atoms with Gasteiger partial charge < -0.3 is 14.1 Å². The highest BCUT2D eigenvalue weighted by molar-refractivity contribution is 6.31. The van der Waals surface area contributed by atoms with Crippen molar-refractivity contribution < 1.29 is 18.7 Å². The van der Waals surface area contributed by atoms with Crippen molar-refractivity contribution in [1.82, 2.24) is 4.90 Å². The second-order valence-electron chi connectivity index (χ2n) is 6.02. The van der Waals surface area contributed by atoms with Crippen LogP contribution < -0.4 is 0 Å². The average Bonchev–Trinajstić information content (AvgIpc) is 2.95. The number of hydrogen-bond acceptors (Lipinski definition) is 4. The summed E-state index contributed by atoms with van der Waals surface area (Å²) in [6.45, 7) is 1.22. The van der Waals surface area contributed by atoms with Gasteiger partial charge >= 0.3 is 5.97 Å². The first-order chi connectivity index (χ1) is 11.6. The molecule has 0 spiro atoms. The van der Waals surface area contributed by atoms with Gasteiger partial charge in [0.15, 0.2) is 6.61 Å². The highest BCUT2D eigenvalue weighted by Gasteiger charge is 2.19. The van der Waals surface area contributed by atoms with Crippen LogP contribution in [0.3, 0.4) is 0 Å². The summed E-state index contributed by atoms with van der Waals surface area (Å²) in [4.78, 5) is 26.1. The Morgan fingerprint density at radius 1 is 1.08 bits per heavy atom. The van der Waals surface area contributed by atoms with Crippen molar-refractivity contribution in [2.24, 2.45) is 0 Å². The molecule has 1 aliphatic rings. The molecule has 5 nitrogen and oxygen atoms in total. The molecule has 2 aromatic rings. The fraction of sp³-hybridized carbons (Fsp3) is 0.444. The van der Waals surface area contributed by atoms with Crippen molar-refractivity contribution in [2.45, 2.75) is 32.1 Å². The van der Waals surface area contributed by atoms with Crippen LogP contribution in [0.4, 0.5) is 0 Å². The Bertz CT molecular complexity index is 732. The molecule has 0 N–H and O–H groups in total. The number of esters is 1. The molecule has 6 heteroatoms. The van der Waals surface area contributed by atoms with Gasteiger partial charge in [0.25, 0.3) is 5.91 Å². The summed E-state index contributed by atoms with van der Waals surface area (Å²) in [5.74, 6) is -0.708. The van der Waals surface area contributed by atoms with Crippen LogP contribution in [0.1, 0.15) is 42.7 Å². The van der Waals surface area contributed by atoms with Crippen LogP contribution in [0.5, 0.6) is 0 Å². The van der Waals surface area contributed by atoms with Crippen LogP contribution in [0, 0.1) is 0 Å². The maximum absolute atomic E-state index is 12.2. The summed E-state index contributed by atoms with van der Waals surface area (Å²) < 4.78 is 10.6. The van der Waals surface area contributed by atoms with Gasteiger partial charge in [0.2, 0.25) is 5.76 Å². The summed E-state index contributed by atoms with van der Waals surface area (Å²) in [5, 5.41) is 1.29. The van der Waals surface area contributed by atoms with E-state index in [1.807, 2.05) is 0 Å². The van der Waals surface area contributed by atoms with Gasteiger partial charge in [0, 0.05) is 23.5 Å². The van der Waals surface area contributed by atoms with Crippen molar-refractivity contribution in [3.63, 3.8) is 0 Å². The fourth-order valence-electron chi connectivity index (χ4n) is 2.90. The van der Waals surface area contributed by atoms with E-state index >= 15 is 0 Å². The van der Waals surface area contributed by atoms with E-state index in [2.05, 4.69) is 0 Å². The molecular formula is C18H20ClNO4. The first kappa shape index (κ1) is 16.8. The minimum atomic E-state index is -0.636. The number of hydrogen-bond donors (Lipinski definition) is 0. The van der Waals surface area contributed by atoms with Gasteiger partial charge in [-0.2, -0.15) is 0 Å². The highest BCUT2D eigenvalue weighted by Crippen LogP contribution is 2.23. The Labute approximate surface area is 145 Å². The average molecular weight is 350 g/mol. The number of amides is 1.